The summed E-state index contributed by atoms with van der Waals surface area (Å²) in [5.41, 5.74) is 0.788. The van der Waals surface area contributed by atoms with Crippen molar-refractivity contribution in [2.75, 3.05) is 25.2 Å². The van der Waals surface area contributed by atoms with Crippen LogP contribution in [0.15, 0.2) is 29.2 Å². The van der Waals surface area contributed by atoms with Gasteiger partial charge in [-0.15, -0.1) is 11.8 Å². The zero-order valence-electron chi connectivity index (χ0n) is 11.6. The van der Waals surface area contributed by atoms with Crippen LogP contribution in [0.1, 0.15) is 19.8 Å². The number of nitrogens with one attached hydrogen (secondary N) is 1. The van der Waals surface area contributed by atoms with Gasteiger partial charge in [0.2, 0.25) is 11.8 Å². The average molecular weight is 280 g/mol. The number of anilines is 1. The molecular formula is C14H20N2O2S. The number of para-hydroxylation sites is 1. The van der Waals surface area contributed by atoms with Gasteiger partial charge in [-0.3, -0.25) is 9.59 Å². The number of hydrogen-bond acceptors (Lipinski definition) is 3. The monoisotopic (exact) mass is 280 g/mol. The summed E-state index contributed by atoms with van der Waals surface area (Å²) in [7, 11) is 1.65. The van der Waals surface area contributed by atoms with Crippen LogP contribution < -0.4 is 5.32 Å². The minimum absolute atomic E-state index is 0.00389. The third kappa shape index (κ3) is 4.95. The Kier molecular flexibility index (Phi) is 6.42. The number of benzene rings is 1. The first-order valence-electron chi connectivity index (χ1n) is 6.25. The lowest BCUT2D eigenvalue weighted by molar-refractivity contribution is -0.133. The van der Waals surface area contributed by atoms with Crippen LogP contribution in [0.5, 0.6) is 0 Å². The lowest BCUT2D eigenvalue weighted by atomic mass is 10.3. The van der Waals surface area contributed by atoms with Crippen molar-refractivity contribution in [3.8, 4) is 0 Å². The van der Waals surface area contributed by atoms with E-state index in [0.29, 0.717) is 6.42 Å². The number of carbonyl (C=O) groups excluding carboxylic acids is 2. The second-order valence-corrected chi connectivity index (χ2v) is 5.10. The number of amides is 2. The van der Waals surface area contributed by atoms with Crippen molar-refractivity contribution in [2.45, 2.75) is 24.7 Å². The fourth-order valence-corrected chi connectivity index (χ4v) is 2.20. The zero-order valence-corrected chi connectivity index (χ0v) is 12.4. The van der Waals surface area contributed by atoms with Crippen molar-refractivity contribution in [3.63, 3.8) is 0 Å². The standard InChI is InChI=1S/C14H20N2O2S/c1-4-7-14(18)16(2)10-13(17)15-11-8-5-6-9-12(11)19-3/h5-6,8-9H,4,7,10H2,1-3H3,(H,15,17). The van der Waals surface area contributed by atoms with Crippen LogP contribution in [-0.4, -0.2) is 36.6 Å². The summed E-state index contributed by atoms with van der Waals surface area (Å²) in [5, 5.41) is 2.84. The number of thioether (sulfide) groups is 1. The van der Waals surface area contributed by atoms with E-state index in [1.807, 2.05) is 37.4 Å². The topological polar surface area (TPSA) is 49.4 Å². The van der Waals surface area contributed by atoms with Gasteiger partial charge in [0.15, 0.2) is 0 Å². The first kappa shape index (κ1) is 15.6. The van der Waals surface area contributed by atoms with Crippen molar-refractivity contribution in [1.29, 1.82) is 0 Å². The van der Waals surface area contributed by atoms with E-state index in [1.54, 1.807) is 18.8 Å². The molecule has 1 N–H and O–H groups in total. The maximum Gasteiger partial charge on any atom is 0.244 e. The molecule has 1 rings (SSSR count). The van der Waals surface area contributed by atoms with E-state index in [0.717, 1.165) is 17.0 Å². The maximum atomic E-state index is 11.9. The molecule has 0 spiro atoms. The number of rotatable bonds is 6. The lowest BCUT2D eigenvalue weighted by Crippen LogP contribution is -2.34. The predicted octanol–water partition coefficient (Wildman–Crippen LogP) is 2.61. The van der Waals surface area contributed by atoms with Gasteiger partial charge in [0.05, 0.1) is 12.2 Å². The summed E-state index contributed by atoms with van der Waals surface area (Å²) < 4.78 is 0. The van der Waals surface area contributed by atoms with E-state index in [2.05, 4.69) is 5.32 Å². The van der Waals surface area contributed by atoms with E-state index < -0.39 is 0 Å². The highest BCUT2D eigenvalue weighted by Crippen LogP contribution is 2.24. The summed E-state index contributed by atoms with van der Waals surface area (Å²) in [6, 6.07) is 7.61. The largest absolute Gasteiger partial charge is 0.336 e. The van der Waals surface area contributed by atoms with Crippen molar-refractivity contribution in [3.05, 3.63) is 24.3 Å². The number of hydrogen-bond donors (Lipinski definition) is 1. The molecule has 0 unspecified atom stereocenters. The Morgan fingerprint density at radius 2 is 2.00 bits per heavy atom. The summed E-state index contributed by atoms with van der Waals surface area (Å²) in [4.78, 5) is 26.0. The van der Waals surface area contributed by atoms with Gasteiger partial charge >= 0.3 is 0 Å². The summed E-state index contributed by atoms with van der Waals surface area (Å²) in [5.74, 6) is -0.177. The Morgan fingerprint density at radius 1 is 1.32 bits per heavy atom. The molecule has 0 heterocycles. The van der Waals surface area contributed by atoms with E-state index >= 15 is 0 Å². The van der Waals surface area contributed by atoms with Gasteiger partial charge in [0, 0.05) is 18.4 Å². The fraction of sp³-hybridized carbons (Fsp3) is 0.429. The normalized spacial score (nSPS) is 10.1. The van der Waals surface area contributed by atoms with E-state index in [9.17, 15) is 9.59 Å². The second kappa shape index (κ2) is 7.84. The molecule has 19 heavy (non-hydrogen) atoms. The molecular weight excluding hydrogens is 260 g/mol. The molecule has 2 amide bonds. The van der Waals surface area contributed by atoms with Crippen LogP contribution in [0.4, 0.5) is 5.69 Å². The van der Waals surface area contributed by atoms with Crippen molar-refractivity contribution in [2.24, 2.45) is 0 Å². The van der Waals surface area contributed by atoms with Crippen LogP contribution >= 0.6 is 11.8 Å². The summed E-state index contributed by atoms with van der Waals surface area (Å²) in [6.45, 7) is 2.03. The molecule has 0 saturated carbocycles. The summed E-state index contributed by atoms with van der Waals surface area (Å²) >= 11 is 1.58. The van der Waals surface area contributed by atoms with Crippen molar-refractivity contribution >= 4 is 29.3 Å². The molecule has 0 aromatic heterocycles. The number of likely N-dealkylation sites (N-methyl/N-ethyl adjacent to an activating group) is 1. The molecule has 1 aromatic carbocycles. The Hall–Kier alpha value is -1.49. The molecule has 1 aromatic rings. The average Bonchev–Trinajstić information content (AvgIpc) is 2.39. The Bertz CT molecular complexity index is 449. The van der Waals surface area contributed by atoms with Gasteiger partial charge in [-0.2, -0.15) is 0 Å². The minimum Gasteiger partial charge on any atom is -0.336 e. The SMILES string of the molecule is CCCC(=O)N(C)CC(=O)Nc1ccccc1SC. The van der Waals surface area contributed by atoms with Crippen molar-refractivity contribution in [1.82, 2.24) is 4.90 Å². The Morgan fingerprint density at radius 3 is 2.63 bits per heavy atom. The smallest absolute Gasteiger partial charge is 0.244 e. The highest BCUT2D eigenvalue weighted by atomic mass is 32.2. The molecule has 104 valence electrons. The second-order valence-electron chi connectivity index (χ2n) is 4.25. The quantitative estimate of drug-likeness (QED) is 0.815. The van der Waals surface area contributed by atoms with Crippen LogP contribution in [0.3, 0.4) is 0 Å². The van der Waals surface area contributed by atoms with E-state index in [4.69, 9.17) is 0 Å². The number of nitrogens with zero attached hydrogens (tertiary/aromatic N) is 1. The highest BCUT2D eigenvalue weighted by Gasteiger charge is 2.12. The van der Waals surface area contributed by atoms with Gasteiger partial charge in [0.25, 0.3) is 0 Å². The first-order valence-corrected chi connectivity index (χ1v) is 7.47. The van der Waals surface area contributed by atoms with Gasteiger partial charge in [-0.1, -0.05) is 19.1 Å². The van der Waals surface area contributed by atoms with Crippen LogP contribution in [-0.2, 0) is 9.59 Å². The Labute approximate surface area is 118 Å². The van der Waals surface area contributed by atoms with Gasteiger partial charge in [-0.25, -0.2) is 0 Å². The maximum absolute atomic E-state index is 11.9. The molecule has 0 aliphatic carbocycles. The fourth-order valence-electron chi connectivity index (χ4n) is 1.65. The molecule has 0 bridgehead atoms. The molecule has 0 radical (unpaired) electrons. The van der Waals surface area contributed by atoms with E-state index in [1.165, 1.54) is 4.90 Å². The van der Waals surface area contributed by atoms with Crippen LogP contribution in [0.25, 0.3) is 0 Å². The highest BCUT2D eigenvalue weighted by molar-refractivity contribution is 7.98. The summed E-state index contributed by atoms with van der Waals surface area (Å²) in [6.07, 6.45) is 3.23. The molecule has 4 nitrogen and oxygen atoms in total. The van der Waals surface area contributed by atoms with Gasteiger partial charge in [-0.05, 0) is 24.8 Å². The third-order valence-electron chi connectivity index (χ3n) is 2.65. The van der Waals surface area contributed by atoms with Crippen molar-refractivity contribution < 1.29 is 9.59 Å². The number of carbonyl (C=O) groups is 2. The molecule has 0 saturated heterocycles. The molecule has 0 atom stereocenters. The lowest BCUT2D eigenvalue weighted by Gasteiger charge is -2.17. The third-order valence-corrected chi connectivity index (χ3v) is 3.45. The zero-order chi connectivity index (χ0) is 14.3. The van der Waals surface area contributed by atoms with Crippen LogP contribution in [0, 0.1) is 0 Å². The van der Waals surface area contributed by atoms with Gasteiger partial charge in [0.1, 0.15) is 0 Å². The molecule has 5 heteroatoms. The molecule has 0 fully saturated rings. The van der Waals surface area contributed by atoms with Crippen LogP contribution in [0.2, 0.25) is 0 Å². The van der Waals surface area contributed by atoms with Gasteiger partial charge < -0.3 is 10.2 Å². The molecule has 0 aliphatic rings. The van der Waals surface area contributed by atoms with E-state index in [-0.39, 0.29) is 18.4 Å². The minimum atomic E-state index is -0.173. The Balaban J connectivity index is 2.58. The first-order chi connectivity index (χ1) is 9.08. The predicted molar refractivity (Wildman–Crippen MR) is 79.4 cm³/mol. The molecule has 0 aliphatic heterocycles.